The second-order valence-corrected chi connectivity index (χ2v) is 6.60. The molecule has 27 heavy (non-hydrogen) atoms. The first-order valence-corrected chi connectivity index (χ1v) is 9.06. The number of amides is 1. The Morgan fingerprint density at radius 3 is 2.96 bits per heavy atom. The van der Waals surface area contributed by atoms with Crippen molar-refractivity contribution in [2.45, 2.75) is 33.2 Å². The van der Waals surface area contributed by atoms with Crippen molar-refractivity contribution >= 4 is 5.91 Å². The number of imidazole rings is 1. The van der Waals surface area contributed by atoms with Crippen molar-refractivity contribution in [3.63, 3.8) is 0 Å². The summed E-state index contributed by atoms with van der Waals surface area (Å²) in [4.78, 5) is 27.0. The number of carbonyl (C=O) groups excluding carboxylic acids is 1. The predicted molar refractivity (Wildman–Crippen MR) is 99.6 cm³/mol. The number of oxazole rings is 1. The Morgan fingerprint density at radius 1 is 1.37 bits per heavy atom. The van der Waals surface area contributed by atoms with Crippen LogP contribution in [-0.4, -0.2) is 39.4 Å². The Balaban J connectivity index is 1.57. The van der Waals surface area contributed by atoms with Crippen molar-refractivity contribution in [1.29, 1.82) is 0 Å². The van der Waals surface area contributed by atoms with Gasteiger partial charge >= 0.3 is 0 Å². The molecule has 0 saturated heterocycles. The topological polar surface area (TPSA) is 84.3 Å². The Hall–Kier alpha value is -3.09. The molecule has 2 aromatic heterocycles. The summed E-state index contributed by atoms with van der Waals surface area (Å²) < 4.78 is 10.9. The minimum absolute atomic E-state index is 0.122. The van der Waals surface area contributed by atoms with Crippen LogP contribution in [0.1, 0.15) is 40.5 Å². The number of fused-ring (bicyclic) bond motifs is 1. The standard InChI is InChI=1S/C20H22N4O3/c1-4-17-21-12(2)18(27-17)20(25)24-9-8-15-16(11-24)23-19(22-15)13-6-5-7-14(10-13)26-3/h5-7,10H,4,8-9,11H2,1-3H3,(H,22,23). The number of ether oxygens (including phenoxy) is 1. The van der Waals surface area contributed by atoms with Gasteiger partial charge in [0, 0.05) is 24.9 Å². The summed E-state index contributed by atoms with van der Waals surface area (Å²) in [5.41, 5.74) is 3.56. The number of carbonyl (C=O) groups is 1. The first-order valence-electron chi connectivity index (χ1n) is 9.06. The van der Waals surface area contributed by atoms with Gasteiger partial charge in [0.05, 0.1) is 30.7 Å². The summed E-state index contributed by atoms with van der Waals surface area (Å²) in [7, 11) is 1.64. The minimum Gasteiger partial charge on any atom is -0.497 e. The average molecular weight is 366 g/mol. The molecule has 0 aliphatic carbocycles. The molecule has 0 fully saturated rings. The molecule has 7 nitrogen and oxygen atoms in total. The quantitative estimate of drug-likeness (QED) is 0.767. The van der Waals surface area contributed by atoms with Crippen LogP contribution in [0.5, 0.6) is 5.75 Å². The van der Waals surface area contributed by atoms with E-state index < -0.39 is 0 Å². The smallest absolute Gasteiger partial charge is 0.291 e. The van der Waals surface area contributed by atoms with Gasteiger partial charge in [0.2, 0.25) is 5.76 Å². The highest BCUT2D eigenvalue weighted by Crippen LogP contribution is 2.26. The Bertz CT molecular complexity index is 989. The number of nitrogens with one attached hydrogen (secondary N) is 1. The zero-order valence-corrected chi connectivity index (χ0v) is 15.7. The molecule has 0 unspecified atom stereocenters. The highest BCUT2D eigenvalue weighted by molar-refractivity contribution is 5.92. The fourth-order valence-corrected chi connectivity index (χ4v) is 3.32. The SMILES string of the molecule is CCc1nc(C)c(C(=O)N2CCc3nc(-c4cccc(OC)c4)[nH]c3C2)o1. The molecule has 3 aromatic rings. The van der Waals surface area contributed by atoms with Crippen molar-refractivity contribution < 1.29 is 13.9 Å². The second-order valence-electron chi connectivity index (χ2n) is 6.60. The summed E-state index contributed by atoms with van der Waals surface area (Å²) in [6.45, 7) is 4.85. The molecular weight excluding hydrogens is 344 g/mol. The molecule has 0 saturated carbocycles. The van der Waals surface area contributed by atoms with Gasteiger partial charge in [-0.25, -0.2) is 9.97 Å². The highest BCUT2D eigenvalue weighted by atomic mass is 16.5. The summed E-state index contributed by atoms with van der Waals surface area (Å²) in [6.07, 6.45) is 1.37. The molecule has 1 aliphatic rings. The van der Waals surface area contributed by atoms with E-state index in [9.17, 15) is 4.79 Å². The molecule has 1 amide bonds. The van der Waals surface area contributed by atoms with Gasteiger partial charge in [0.1, 0.15) is 11.6 Å². The summed E-state index contributed by atoms with van der Waals surface area (Å²) in [5, 5.41) is 0. The molecule has 1 aromatic carbocycles. The fourth-order valence-electron chi connectivity index (χ4n) is 3.32. The summed E-state index contributed by atoms with van der Waals surface area (Å²) in [6, 6.07) is 7.76. The lowest BCUT2D eigenvalue weighted by Crippen LogP contribution is -2.36. The van der Waals surface area contributed by atoms with Gasteiger partial charge in [0.15, 0.2) is 5.89 Å². The van der Waals surface area contributed by atoms with Gasteiger partial charge in [-0.15, -0.1) is 0 Å². The molecule has 1 aliphatic heterocycles. The Labute approximate surface area is 157 Å². The maximum Gasteiger partial charge on any atom is 0.291 e. The lowest BCUT2D eigenvalue weighted by atomic mass is 10.1. The van der Waals surface area contributed by atoms with Gasteiger partial charge in [-0.1, -0.05) is 19.1 Å². The Kier molecular flexibility index (Phi) is 4.43. The number of aromatic nitrogens is 3. The zero-order valence-electron chi connectivity index (χ0n) is 15.7. The van der Waals surface area contributed by atoms with E-state index in [1.54, 1.807) is 12.0 Å². The van der Waals surface area contributed by atoms with Gasteiger partial charge in [-0.05, 0) is 19.1 Å². The van der Waals surface area contributed by atoms with E-state index in [1.807, 2.05) is 38.1 Å². The van der Waals surface area contributed by atoms with Crippen LogP contribution in [0, 0.1) is 6.92 Å². The van der Waals surface area contributed by atoms with Crippen molar-refractivity contribution in [3.05, 3.63) is 53.0 Å². The van der Waals surface area contributed by atoms with Crippen LogP contribution < -0.4 is 4.74 Å². The van der Waals surface area contributed by atoms with Crippen LogP contribution in [-0.2, 0) is 19.4 Å². The number of aryl methyl sites for hydroxylation is 2. The normalized spacial score (nSPS) is 13.5. The fraction of sp³-hybridized carbons (Fsp3) is 0.350. The number of nitrogens with zero attached hydrogens (tertiary/aromatic N) is 3. The van der Waals surface area contributed by atoms with Crippen molar-refractivity contribution in [3.8, 4) is 17.1 Å². The van der Waals surface area contributed by atoms with Gasteiger partial charge in [0.25, 0.3) is 5.91 Å². The van der Waals surface area contributed by atoms with Gasteiger partial charge in [-0.2, -0.15) is 0 Å². The number of benzene rings is 1. The van der Waals surface area contributed by atoms with Crippen LogP contribution in [0.15, 0.2) is 28.7 Å². The first-order chi connectivity index (χ1) is 13.1. The van der Waals surface area contributed by atoms with E-state index in [1.165, 1.54) is 0 Å². The van der Waals surface area contributed by atoms with Crippen LogP contribution in [0.4, 0.5) is 0 Å². The van der Waals surface area contributed by atoms with Crippen molar-refractivity contribution in [2.24, 2.45) is 0 Å². The number of hydrogen-bond acceptors (Lipinski definition) is 5. The van der Waals surface area contributed by atoms with E-state index >= 15 is 0 Å². The maximum atomic E-state index is 12.9. The van der Waals surface area contributed by atoms with Crippen molar-refractivity contribution in [1.82, 2.24) is 19.9 Å². The summed E-state index contributed by atoms with van der Waals surface area (Å²) in [5.74, 6) is 2.38. The van der Waals surface area contributed by atoms with E-state index in [2.05, 4.69) is 9.97 Å². The zero-order chi connectivity index (χ0) is 19.0. The maximum absolute atomic E-state index is 12.9. The molecule has 0 atom stereocenters. The number of methoxy groups -OCH3 is 1. The summed E-state index contributed by atoms with van der Waals surface area (Å²) >= 11 is 0. The third-order valence-corrected chi connectivity index (χ3v) is 4.80. The molecule has 0 bridgehead atoms. The Morgan fingerprint density at radius 2 is 2.22 bits per heavy atom. The number of hydrogen-bond donors (Lipinski definition) is 1. The van der Waals surface area contributed by atoms with E-state index in [0.717, 1.165) is 28.5 Å². The highest BCUT2D eigenvalue weighted by Gasteiger charge is 2.28. The molecule has 4 rings (SSSR count). The largest absolute Gasteiger partial charge is 0.497 e. The van der Waals surface area contributed by atoms with E-state index in [0.29, 0.717) is 43.3 Å². The van der Waals surface area contributed by atoms with Crippen LogP contribution in [0.3, 0.4) is 0 Å². The molecule has 3 heterocycles. The third-order valence-electron chi connectivity index (χ3n) is 4.80. The van der Waals surface area contributed by atoms with Crippen LogP contribution >= 0.6 is 0 Å². The second kappa shape index (κ2) is 6.90. The van der Waals surface area contributed by atoms with Crippen LogP contribution in [0.25, 0.3) is 11.4 Å². The first kappa shape index (κ1) is 17.3. The lowest BCUT2D eigenvalue weighted by Gasteiger charge is -2.25. The number of rotatable bonds is 4. The minimum atomic E-state index is -0.122. The molecule has 1 N–H and O–H groups in total. The van der Waals surface area contributed by atoms with Gasteiger partial charge in [-0.3, -0.25) is 4.79 Å². The molecule has 0 radical (unpaired) electrons. The van der Waals surface area contributed by atoms with Gasteiger partial charge < -0.3 is 19.0 Å². The molecular formula is C20H22N4O3. The molecule has 140 valence electrons. The van der Waals surface area contributed by atoms with E-state index in [-0.39, 0.29) is 5.91 Å². The molecule has 7 heteroatoms. The lowest BCUT2D eigenvalue weighted by molar-refractivity contribution is 0.0696. The number of aromatic amines is 1. The van der Waals surface area contributed by atoms with Crippen LogP contribution in [0.2, 0.25) is 0 Å². The molecule has 0 spiro atoms. The van der Waals surface area contributed by atoms with Crippen molar-refractivity contribution in [2.75, 3.05) is 13.7 Å². The monoisotopic (exact) mass is 366 g/mol. The number of H-pyrrole nitrogens is 1. The van der Waals surface area contributed by atoms with E-state index in [4.69, 9.17) is 14.1 Å². The third kappa shape index (κ3) is 3.20. The average Bonchev–Trinajstić information content (AvgIpc) is 3.30. The predicted octanol–water partition coefficient (Wildman–Crippen LogP) is 3.14.